The van der Waals surface area contributed by atoms with Crippen LogP contribution in [0.3, 0.4) is 0 Å². The highest BCUT2D eigenvalue weighted by atomic mass is 79.9. The molecule has 1 atom stereocenters. The summed E-state index contributed by atoms with van der Waals surface area (Å²) < 4.78 is 0.964. The molecule has 1 saturated heterocycles. The highest BCUT2D eigenvalue weighted by Crippen LogP contribution is 2.19. The van der Waals surface area contributed by atoms with E-state index in [4.69, 9.17) is 0 Å². The smallest absolute Gasteiger partial charge is 0.243 e. The summed E-state index contributed by atoms with van der Waals surface area (Å²) in [4.78, 5) is 23.5. The quantitative estimate of drug-likeness (QED) is 0.729. The lowest BCUT2D eigenvalue weighted by Gasteiger charge is -2.12. The number of hydrogen-bond acceptors (Lipinski definition) is 4. The summed E-state index contributed by atoms with van der Waals surface area (Å²) in [6, 6.07) is 5.42. The van der Waals surface area contributed by atoms with Crippen molar-refractivity contribution < 1.29 is 9.59 Å². The Kier molecular flexibility index (Phi) is 7.51. The molecule has 3 N–H and O–H groups in total. The van der Waals surface area contributed by atoms with Crippen LogP contribution in [0.2, 0.25) is 0 Å². The zero-order valence-electron chi connectivity index (χ0n) is 11.4. The largest absolute Gasteiger partial charge is 0.346 e. The number of carbonyl (C=O) groups excluding carboxylic acids is 2. The molecule has 0 saturated carbocycles. The van der Waals surface area contributed by atoms with Gasteiger partial charge in [0.15, 0.2) is 0 Å². The number of amides is 2. The van der Waals surface area contributed by atoms with Gasteiger partial charge in [-0.1, -0.05) is 15.9 Å². The van der Waals surface area contributed by atoms with Gasteiger partial charge in [-0.15, -0.1) is 24.2 Å². The Morgan fingerprint density at radius 3 is 2.86 bits per heavy atom. The van der Waals surface area contributed by atoms with E-state index < -0.39 is 0 Å². The van der Waals surface area contributed by atoms with Crippen LogP contribution in [0.15, 0.2) is 22.7 Å². The van der Waals surface area contributed by atoms with Gasteiger partial charge in [0.1, 0.15) is 0 Å². The van der Waals surface area contributed by atoms with Crippen molar-refractivity contribution in [1.82, 2.24) is 10.6 Å². The third-order valence-electron chi connectivity index (χ3n) is 2.92. The molecule has 5 nitrogen and oxygen atoms in total. The molecule has 1 unspecified atom stereocenters. The van der Waals surface area contributed by atoms with Gasteiger partial charge in [0, 0.05) is 21.8 Å². The normalized spacial score (nSPS) is 17.0. The number of halogens is 2. The molecule has 2 rings (SSSR count). The highest BCUT2D eigenvalue weighted by molar-refractivity contribution is 9.10. The predicted octanol–water partition coefficient (Wildman–Crippen LogP) is 1.90. The fourth-order valence-corrected chi connectivity index (χ4v) is 3.23. The van der Waals surface area contributed by atoms with Gasteiger partial charge in [0.05, 0.1) is 12.6 Å². The minimum Gasteiger partial charge on any atom is -0.346 e. The molecule has 1 heterocycles. The second kappa shape index (κ2) is 8.63. The van der Waals surface area contributed by atoms with Crippen LogP contribution in [-0.2, 0) is 9.59 Å². The van der Waals surface area contributed by atoms with E-state index in [1.54, 1.807) is 11.8 Å². The highest BCUT2D eigenvalue weighted by Gasteiger charge is 2.22. The van der Waals surface area contributed by atoms with Gasteiger partial charge in [-0.05, 0) is 30.7 Å². The van der Waals surface area contributed by atoms with Crippen molar-refractivity contribution in [2.75, 3.05) is 23.5 Å². The maximum absolute atomic E-state index is 11.8. The summed E-state index contributed by atoms with van der Waals surface area (Å²) >= 11 is 5.05. The van der Waals surface area contributed by atoms with Crippen molar-refractivity contribution in [3.63, 3.8) is 0 Å². The third-order valence-corrected chi connectivity index (χ3v) is 4.35. The van der Waals surface area contributed by atoms with Crippen LogP contribution in [0.1, 0.15) is 5.56 Å². The van der Waals surface area contributed by atoms with Crippen LogP contribution in [0, 0.1) is 6.92 Å². The summed E-state index contributed by atoms with van der Waals surface area (Å²) in [5.74, 6) is 1.17. The lowest BCUT2D eigenvalue weighted by Crippen LogP contribution is -2.44. The Labute approximate surface area is 142 Å². The Morgan fingerprint density at radius 1 is 1.48 bits per heavy atom. The molecule has 0 aliphatic carbocycles. The first-order valence-electron chi connectivity index (χ1n) is 6.21. The Balaban J connectivity index is 0.00000220. The summed E-state index contributed by atoms with van der Waals surface area (Å²) in [6.45, 7) is 1.90. The Hall–Kier alpha value is -0.760. The summed E-state index contributed by atoms with van der Waals surface area (Å²) in [6.07, 6.45) is 0. The van der Waals surface area contributed by atoms with E-state index in [1.807, 2.05) is 25.1 Å². The minimum absolute atomic E-state index is 0. The first-order valence-corrected chi connectivity index (χ1v) is 8.16. The second-order valence-electron chi connectivity index (χ2n) is 4.50. The van der Waals surface area contributed by atoms with E-state index in [2.05, 4.69) is 31.9 Å². The van der Waals surface area contributed by atoms with Crippen molar-refractivity contribution in [1.29, 1.82) is 0 Å². The number of aryl methyl sites for hydroxylation is 1. The van der Waals surface area contributed by atoms with E-state index in [0.29, 0.717) is 0 Å². The zero-order chi connectivity index (χ0) is 14.5. The third kappa shape index (κ3) is 5.50. The van der Waals surface area contributed by atoms with Crippen LogP contribution in [0.25, 0.3) is 0 Å². The number of rotatable bonds is 4. The molecule has 1 aliphatic heterocycles. The number of thioether (sulfide) groups is 1. The molecule has 0 bridgehead atoms. The standard InChI is InChI=1S/C13H16BrN3O2S.ClH/c1-8-4-9(14)2-3-10(8)17-12(18)5-15-13(19)11-6-20-7-16-11;/h2-4,11,16H,5-7H2,1H3,(H,15,19)(H,17,18);1H. The minimum atomic E-state index is -0.227. The first-order chi connectivity index (χ1) is 9.56. The van der Waals surface area contributed by atoms with Crippen molar-refractivity contribution in [3.8, 4) is 0 Å². The monoisotopic (exact) mass is 393 g/mol. The Bertz CT molecular complexity index is 524. The average Bonchev–Trinajstić information content (AvgIpc) is 2.93. The molecule has 0 spiro atoms. The fourth-order valence-electron chi connectivity index (χ4n) is 1.82. The van der Waals surface area contributed by atoms with Crippen molar-refractivity contribution >= 4 is 57.6 Å². The van der Waals surface area contributed by atoms with E-state index >= 15 is 0 Å². The molecule has 2 amide bonds. The van der Waals surface area contributed by atoms with Crippen LogP contribution in [-0.4, -0.2) is 36.0 Å². The van der Waals surface area contributed by atoms with E-state index in [1.165, 1.54) is 0 Å². The van der Waals surface area contributed by atoms with Crippen LogP contribution < -0.4 is 16.0 Å². The molecule has 0 radical (unpaired) electrons. The number of benzene rings is 1. The van der Waals surface area contributed by atoms with Gasteiger partial charge in [0.25, 0.3) is 0 Å². The van der Waals surface area contributed by atoms with Crippen LogP contribution in [0.5, 0.6) is 0 Å². The lowest BCUT2D eigenvalue weighted by atomic mass is 10.2. The van der Waals surface area contributed by atoms with Crippen molar-refractivity contribution in [2.45, 2.75) is 13.0 Å². The second-order valence-corrected chi connectivity index (χ2v) is 6.44. The maximum Gasteiger partial charge on any atom is 0.243 e. The zero-order valence-corrected chi connectivity index (χ0v) is 14.7. The van der Waals surface area contributed by atoms with E-state index in [9.17, 15) is 9.59 Å². The molecule has 116 valence electrons. The summed E-state index contributed by atoms with van der Waals surface area (Å²) in [7, 11) is 0. The summed E-state index contributed by atoms with van der Waals surface area (Å²) in [5, 5.41) is 8.48. The Morgan fingerprint density at radius 2 is 2.24 bits per heavy atom. The molecular weight excluding hydrogens is 378 g/mol. The van der Waals surface area contributed by atoms with Crippen LogP contribution in [0.4, 0.5) is 5.69 Å². The molecule has 1 aliphatic rings. The van der Waals surface area contributed by atoms with Gasteiger partial charge in [-0.25, -0.2) is 0 Å². The first kappa shape index (κ1) is 18.3. The molecular formula is C13H17BrClN3O2S. The van der Waals surface area contributed by atoms with Gasteiger partial charge >= 0.3 is 0 Å². The molecule has 1 aromatic carbocycles. The topological polar surface area (TPSA) is 70.2 Å². The molecule has 21 heavy (non-hydrogen) atoms. The molecule has 0 aromatic heterocycles. The number of anilines is 1. The number of carbonyl (C=O) groups is 2. The SMILES string of the molecule is Cc1cc(Br)ccc1NC(=O)CNC(=O)C1CSCN1.Cl. The van der Waals surface area contributed by atoms with Gasteiger partial charge in [-0.2, -0.15) is 0 Å². The molecule has 1 fully saturated rings. The van der Waals surface area contributed by atoms with E-state index in [-0.39, 0.29) is 36.8 Å². The number of hydrogen-bond donors (Lipinski definition) is 3. The van der Waals surface area contributed by atoms with Crippen molar-refractivity contribution in [3.05, 3.63) is 28.2 Å². The summed E-state index contributed by atoms with van der Waals surface area (Å²) in [5.41, 5.74) is 1.72. The number of nitrogens with one attached hydrogen (secondary N) is 3. The molecule has 1 aromatic rings. The lowest BCUT2D eigenvalue weighted by molar-refractivity contribution is -0.125. The maximum atomic E-state index is 11.8. The molecule has 8 heteroatoms. The van der Waals surface area contributed by atoms with Gasteiger partial charge in [-0.3, -0.25) is 14.9 Å². The van der Waals surface area contributed by atoms with Crippen molar-refractivity contribution in [2.24, 2.45) is 0 Å². The van der Waals surface area contributed by atoms with Gasteiger partial charge in [0.2, 0.25) is 11.8 Å². The predicted molar refractivity (Wildman–Crippen MR) is 92.0 cm³/mol. The van der Waals surface area contributed by atoms with Crippen LogP contribution >= 0.6 is 40.1 Å². The van der Waals surface area contributed by atoms with E-state index in [0.717, 1.165) is 27.4 Å². The fraction of sp³-hybridized carbons (Fsp3) is 0.385. The van der Waals surface area contributed by atoms with Gasteiger partial charge < -0.3 is 10.6 Å². The average molecular weight is 395 g/mol.